The standard InChI is InChI=1S/C21H25N3O2S.C4H4O4.CH4/c25-14-16-26-15-13-23-9-11-24(12-10-23)21-17-5-1-3-7-19(17)27-20-8-4-2-6-18(20)22-21;5-3(6)1-2-4(7)8;/h1-8,25H,9-16H2;1-2H,(H,5,6)(H,7,8);1H4/b;2-1+;/i13D2,15D2;;. The summed E-state index contributed by atoms with van der Waals surface area (Å²) in [5.41, 5.74) is 1.95. The summed E-state index contributed by atoms with van der Waals surface area (Å²) in [6.45, 7) is -3.79. The van der Waals surface area contributed by atoms with Crippen molar-refractivity contribution in [1.29, 1.82) is 0 Å². The van der Waals surface area contributed by atoms with Crippen LogP contribution in [0.4, 0.5) is 5.69 Å². The van der Waals surface area contributed by atoms with Crippen molar-refractivity contribution >= 4 is 35.2 Å². The van der Waals surface area contributed by atoms with Gasteiger partial charge in [-0.25, -0.2) is 14.6 Å². The van der Waals surface area contributed by atoms with Crippen LogP contribution in [-0.4, -0.2) is 95.3 Å². The van der Waals surface area contributed by atoms with Gasteiger partial charge in [-0.15, -0.1) is 0 Å². The third-order valence-corrected chi connectivity index (χ3v) is 6.00. The highest BCUT2D eigenvalue weighted by atomic mass is 32.2. The Hall–Kier alpha value is -3.18. The van der Waals surface area contributed by atoms with Gasteiger partial charge >= 0.3 is 11.9 Å². The molecule has 2 aromatic rings. The first-order valence-corrected chi connectivity index (χ1v) is 11.6. The molecule has 10 heteroatoms. The number of rotatable bonds is 7. The highest BCUT2D eigenvalue weighted by molar-refractivity contribution is 7.99. The molecule has 0 amide bonds. The number of hydrogen-bond donors (Lipinski definition) is 3. The fourth-order valence-corrected chi connectivity index (χ4v) is 4.29. The van der Waals surface area contributed by atoms with Gasteiger partial charge in [-0.05, 0) is 18.2 Å². The van der Waals surface area contributed by atoms with E-state index in [9.17, 15) is 9.59 Å². The Labute approximate surface area is 221 Å². The fraction of sp³-hybridized carbons (Fsp3) is 0.346. The van der Waals surface area contributed by atoms with Crippen LogP contribution in [0.2, 0.25) is 0 Å². The van der Waals surface area contributed by atoms with Gasteiger partial charge in [0, 0.05) is 62.9 Å². The molecule has 1 fully saturated rings. The summed E-state index contributed by atoms with van der Waals surface area (Å²) in [4.78, 5) is 29.9. The molecule has 2 heterocycles. The van der Waals surface area contributed by atoms with Crippen molar-refractivity contribution < 1.29 is 35.1 Å². The molecule has 0 bridgehead atoms. The van der Waals surface area contributed by atoms with E-state index in [2.05, 4.69) is 23.1 Å². The highest BCUT2D eigenvalue weighted by Crippen LogP contribution is 2.40. The smallest absolute Gasteiger partial charge is 0.328 e. The molecule has 2 aromatic carbocycles. The summed E-state index contributed by atoms with van der Waals surface area (Å²) >= 11 is 1.69. The maximum atomic E-state index is 9.55. The topological polar surface area (TPSA) is 123 Å². The zero-order valence-electron chi connectivity index (χ0n) is 22.8. The van der Waals surface area contributed by atoms with Crippen molar-refractivity contribution in [1.82, 2.24) is 9.80 Å². The second-order valence-electron chi connectivity index (χ2n) is 7.27. The van der Waals surface area contributed by atoms with Gasteiger partial charge in [0.25, 0.3) is 0 Å². The second kappa shape index (κ2) is 15.0. The van der Waals surface area contributed by atoms with E-state index in [0.717, 1.165) is 26.9 Å². The average Bonchev–Trinajstić information content (AvgIpc) is 3.08. The first-order chi connectivity index (χ1) is 18.5. The lowest BCUT2D eigenvalue weighted by Crippen LogP contribution is -2.49. The Bertz CT molecular complexity index is 1220. The first kappa shape index (κ1) is 23.2. The Kier molecular flexibility index (Phi) is 9.71. The van der Waals surface area contributed by atoms with Gasteiger partial charge in [-0.2, -0.15) is 0 Å². The van der Waals surface area contributed by atoms with Crippen molar-refractivity contribution in [3.05, 3.63) is 66.2 Å². The number of fused-ring (bicyclic) bond motifs is 2. The molecule has 0 unspecified atom stereocenters. The Morgan fingerprint density at radius 1 is 1.00 bits per heavy atom. The Morgan fingerprint density at radius 3 is 2.25 bits per heavy atom. The summed E-state index contributed by atoms with van der Waals surface area (Å²) in [5, 5.41) is 24.5. The number of para-hydroxylation sites is 1. The number of aliphatic imine (C=N–C) groups is 1. The lowest BCUT2D eigenvalue weighted by molar-refractivity contribution is -0.134. The minimum Gasteiger partial charge on any atom is -0.478 e. The lowest BCUT2D eigenvalue weighted by Gasteiger charge is -2.36. The molecule has 0 aromatic heterocycles. The molecule has 2 aliphatic rings. The number of benzene rings is 2. The molecule has 1 saturated heterocycles. The van der Waals surface area contributed by atoms with E-state index in [0.29, 0.717) is 38.3 Å². The van der Waals surface area contributed by atoms with Gasteiger partial charge in [0.05, 0.1) is 28.2 Å². The van der Waals surface area contributed by atoms with Gasteiger partial charge in [-0.3, -0.25) is 4.90 Å². The van der Waals surface area contributed by atoms with E-state index >= 15 is 0 Å². The lowest BCUT2D eigenvalue weighted by atomic mass is 10.1. The summed E-state index contributed by atoms with van der Waals surface area (Å²) in [5.74, 6) is -1.66. The van der Waals surface area contributed by atoms with Gasteiger partial charge in [-0.1, -0.05) is 49.5 Å². The summed E-state index contributed by atoms with van der Waals surface area (Å²) in [6.07, 6.45) is 1.12. The van der Waals surface area contributed by atoms with Crippen molar-refractivity contribution in [2.45, 2.75) is 17.2 Å². The first-order valence-electron chi connectivity index (χ1n) is 12.8. The predicted octanol–water partition coefficient (Wildman–Crippen LogP) is 3.20. The second-order valence-corrected chi connectivity index (χ2v) is 8.35. The number of ether oxygens (including phenoxy) is 1. The average molecular weight is 520 g/mol. The molecule has 9 nitrogen and oxygen atoms in total. The molecule has 0 atom stereocenters. The minimum absolute atomic E-state index is 0. The zero-order chi connectivity index (χ0) is 28.6. The van der Waals surface area contributed by atoms with E-state index in [1.807, 2.05) is 30.3 Å². The summed E-state index contributed by atoms with van der Waals surface area (Å²) < 4.78 is 37.6. The van der Waals surface area contributed by atoms with Crippen LogP contribution in [0.25, 0.3) is 0 Å². The molecule has 0 aliphatic carbocycles. The Balaban J connectivity index is 0.000000546. The summed E-state index contributed by atoms with van der Waals surface area (Å²) in [7, 11) is 0. The van der Waals surface area contributed by atoms with E-state index < -0.39 is 25.0 Å². The van der Waals surface area contributed by atoms with E-state index in [1.54, 1.807) is 11.8 Å². The third-order valence-electron chi connectivity index (χ3n) is 4.86. The van der Waals surface area contributed by atoms with Gasteiger partial charge in [0.2, 0.25) is 0 Å². The molecule has 0 radical (unpaired) electrons. The van der Waals surface area contributed by atoms with E-state index in [4.69, 9.17) is 30.5 Å². The van der Waals surface area contributed by atoms with Crippen LogP contribution in [0.15, 0.2) is 75.5 Å². The van der Waals surface area contributed by atoms with E-state index in [-0.39, 0.29) is 20.6 Å². The quantitative estimate of drug-likeness (QED) is 0.473. The maximum absolute atomic E-state index is 9.55. The van der Waals surface area contributed by atoms with Crippen LogP contribution < -0.4 is 0 Å². The number of aliphatic carboxylic acids is 2. The van der Waals surface area contributed by atoms with Crippen LogP contribution in [0.5, 0.6) is 0 Å². The van der Waals surface area contributed by atoms with Crippen LogP contribution in [0.3, 0.4) is 0 Å². The molecule has 2 aliphatic heterocycles. The molecular weight excluding hydrogens is 482 g/mol. The monoisotopic (exact) mass is 519 g/mol. The number of carbonyl (C=O) groups is 2. The highest BCUT2D eigenvalue weighted by Gasteiger charge is 2.24. The SMILES string of the molecule is C.O=C(O)/C=C/C(=O)O.[2H]C([2H])(OCCO)C([2H])([2H])N1CCN(C2=Nc3ccccc3Sc3ccccc32)CC1. The van der Waals surface area contributed by atoms with Crippen LogP contribution in [-0.2, 0) is 14.3 Å². The number of carboxylic acid groups (broad SMARTS) is 2. The number of piperazine rings is 1. The summed E-state index contributed by atoms with van der Waals surface area (Å²) in [6, 6.07) is 16.2. The zero-order valence-corrected chi connectivity index (χ0v) is 19.6. The molecule has 3 N–H and O–H groups in total. The van der Waals surface area contributed by atoms with Crippen LogP contribution >= 0.6 is 11.8 Å². The number of carboxylic acids is 2. The van der Waals surface area contributed by atoms with Crippen molar-refractivity contribution in [3.63, 3.8) is 0 Å². The van der Waals surface area contributed by atoms with Crippen LogP contribution in [0.1, 0.15) is 18.5 Å². The predicted molar refractivity (Wildman–Crippen MR) is 140 cm³/mol. The van der Waals surface area contributed by atoms with E-state index in [1.165, 1.54) is 4.90 Å². The molecule has 0 spiro atoms. The number of hydrogen-bond acceptors (Lipinski definition) is 8. The van der Waals surface area contributed by atoms with Gasteiger partial charge in [0.15, 0.2) is 0 Å². The van der Waals surface area contributed by atoms with Crippen molar-refractivity contribution in [2.75, 3.05) is 52.4 Å². The van der Waals surface area contributed by atoms with Gasteiger partial charge in [0.1, 0.15) is 5.84 Å². The number of amidine groups is 1. The maximum Gasteiger partial charge on any atom is 0.328 e. The largest absolute Gasteiger partial charge is 0.478 e. The normalized spacial score (nSPS) is 17.4. The number of nitrogens with zero attached hydrogens (tertiary/aromatic N) is 3. The number of aliphatic hydroxyl groups is 1. The molecule has 0 saturated carbocycles. The molecule has 194 valence electrons. The minimum atomic E-state index is -2.53. The Morgan fingerprint density at radius 2 is 1.61 bits per heavy atom. The molecule has 4 rings (SSSR count). The number of aliphatic hydroxyl groups excluding tert-OH is 1. The van der Waals surface area contributed by atoms with Crippen molar-refractivity contribution in [3.8, 4) is 0 Å². The fourth-order valence-electron chi connectivity index (χ4n) is 3.28. The third kappa shape index (κ3) is 8.80. The van der Waals surface area contributed by atoms with Crippen LogP contribution in [0, 0.1) is 0 Å². The molecular formula is C26H33N3O6S. The van der Waals surface area contributed by atoms with Gasteiger partial charge < -0.3 is 25.0 Å². The molecule has 36 heavy (non-hydrogen) atoms. The van der Waals surface area contributed by atoms with Crippen molar-refractivity contribution in [2.24, 2.45) is 4.99 Å².